The van der Waals surface area contributed by atoms with E-state index in [1.807, 2.05) is 35.2 Å². The van der Waals surface area contributed by atoms with Gasteiger partial charge < -0.3 is 24.2 Å². The van der Waals surface area contributed by atoms with Gasteiger partial charge in [-0.25, -0.2) is 14.4 Å². The van der Waals surface area contributed by atoms with Crippen LogP contribution in [0.4, 0.5) is 5.69 Å². The number of hydrogen-bond donors (Lipinski definition) is 1. The maximum absolute atomic E-state index is 12.8. The number of carbonyl (C=O) groups excluding carboxylic acids is 3. The molecule has 0 saturated carbocycles. The summed E-state index contributed by atoms with van der Waals surface area (Å²) in [6, 6.07) is 13.0. The van der Waals surface area contributed by atoms with Gasteiger partial charge in [-0.2, -0.15) is 0 Å². The largest absolute Gasteiger partial charge is 0.512 e. The van der Waals surface area contributed by atoms with Gasteiger partial charge in [0.25, 0.3) is 0 Å². The number of methoxy groups -OCH3 is 2. The highest BCUT2D eigenvalue weighted by Gasteiger charge is 2.37. The van der Waals surface area contributed by atoms with Gasteiger partial charge in [-0.3, -0.25) is 0 Å². The third-order valence-electron chi connectivity index (χ3n) is 5.19. The van der Waals surface area contributed by atoms with Gasteiger partial charge in [0, 0.05) is 18.7 Å². The highest BCUT2D eigenvalue weighted by atomic mass is 16.5. The molecule has 1 heterocycles. The lowest BCUT2D eigenvalue weighted by Gasteiger charge is -2.38. The Bertz CT molecular complexity index is 1010. The van der Waals surface area contributed by atoms with Gasteiger partial charge in [-0.1, -0.05) is 30.3 Å². The molecule has 0 aromatic heterocycles. The molecule has 0 radical (unpaired) electrons. The normalized spacial score (nSPS) is 15.8. The quantitative estimate of drug-likeness (QED) is 0.538. The first-order valence-corrected chi connectivity index (χ1v) is 10.1. The molecule has 0 spiro atoms. The van der Waals surface area contributed by atoms with E-state index in [0.717, 1.165) is 5.56 Å². The van der Waals surface area contributed by atoms with Crippen LogP contribution in [0, 0.1) is 0 Å². The Kier molecular flexibility index (Phi) is 7.14. The number of nitrogens with zero attached hydrogens (tertiary/aromatic N) is 1. The number of carbonyl (C=O) groups is 3. The van der Waals surface area contributed by atoms with Crippen molar-refractivity contribution in [2.24, 2.45) is 0 Å². The Morgan fingerprint density at radius 3 is 2.09 bits per heavy atom. The number of anilines is 1. The predicted molar refractivity (Wildman–Crippen MR) is 117 cm³/mol. The minimum Gasteiger partial charge on any atom is -0.512 e. The number of aliphatic hydroxyl groups is 1. The van der Waals surface area contributed by atoms with Crippen LogP contribution in [0.2, 0.25) is 0 Å². The molecule has 0 aliphatic carbocycles. The van der Waals surface area contributed by atoms with Crippen molar-refractivity contribution >= 4 is 23.6 Å². The van der Waals surface area contributed by atoms with Crippen molar-refractivity contribution in [1.82, 2.24) is 0 Å². The second-order valence-corrected chi connectivity index (χ2v) is 7.09. The van der Waals surface area contributed by atoms with Crippen LogP contribution in [0.5, 0.6) is 0 Å². The molecule has 1 aliphatic heterocycles. The molecule has 32 heavy (non-hydrogen) atoms. The van der Waals surface area contributed by atoms with Crippen LogP contribution in [-0.2, 0) is 19.0 Å². The van der Waals surface area contributed by atoms with Crippen LogP contribution in [-0.4, -0.2) is 50.4 Å². The number of benzene rings is 2. The minimum atomic E-state index is -0.692. The molecule has 8 nitrogen and oxygen atoms in total. The zero-order valence-corrected chi connectivity index (χ0v) is 18.2. The lowest BCUT2D eigenvalue weighted by molar-refractivity contribution is -0.139. The van der Waals surface area contributed by atoms with Crippen LogP contribution in [0.25, 0.3) is 0 Å². The second-order valence-electron chi connectivity index (χ2n) is 7.09. The number of esters is 3. The molecule has 1 unspecified atom stereocenters. The van der Waals surface area contributed by atoms with Crippen molar-refractivity contribution in [2.45, 2.75) is 19.4 Å². The van der Waals surface area contributed by atoms with E-state index in [-0.39, 0.29) is 35.5 Å². The fourth-order valence-corrected chi connectivity index (χ4v) is 3.75. The molecule has 0 fully saturated rings. The summed E-state index contributed by atoms with van der Waals surface area (Å²) >= 11 is 0. The minimum absolute atomic E-state index is 0.0501. The fourth-order valence-electron chi connectivity index (χ4n) is 3.75. The van der Waals surface area contributed by atoms with E-state index in [9.17, 15) is 19.5 Å². The van der Waals surface area contributed by atoms with Crippen LogP contribution in [0.3, 0.4) is 0 Å². The lowest BCUT2D eigenvalue weighted by Crippen LogP contribution is -2.38. The van der Waals surface area contributed by atoms with Gasteiger partial charge in [-0.15, -0.1) is 0 Å². The Balaban J connectivity index is 2.20. The van der Waals surface area contributed by atoms with Crippen LogP contribution < -0.4 is 4.90 Å². The highest BCUT2D eigenvalue weighted by molar-refractivity contribution is 5.97. The fraction of sp³-hybridized carbons (Fsp3) is 0.292. The summed E-state index contributed by atoms with van der Waals surface area (Å²) < 4.78 is 14.9. The van der Waals surface area contributed by atoms with Crippen molar-refractivity contribution in [1.29, 1.82) is 0 Å². The predicted octanol–water partition coefficient (Wildman–Crippen LogP) is 3.59. The molecule has 168 valence electrons. The van der Waals surface area contributed by atoms with E-state index in [1.165, 1.54) is 20.3 Å². The Labute approximate surface area is 186 Å². The molecule has 1 aliphatic rings. The topological polar surface area (TPSA) is 102 Å². The maximum atomic E-state index is 12.8. The molecule has 8 heteroatoms. The van der Waals surface area contributed by atoms with E-state index >= 15 is 0 Å². The molecule has 2 aromatic carbocycles. The summed E-state index contributed by atoms with van der Waals surface area (Å²) in [5, 5.41) is 10.6. The molecule has 0 amide bonds. The van der Waals surface area contributed by atoms with Crippen LogP contribution in [0.1, 0.15) is 45.7 Å². The second kappa shape index (κ2) is 10.00. The number of ether oxygens (including phenoxy) is 3. The monoisotopic (exact) mass is 439 g/mol. The molecule has 1 N–H and O–H groups in total. The average Bonchev–Trinajstić information content (AvgIpc) is 2.83. The van der Waals surface area contributed by atoms with Gasteiger partial charge >= 0.3 is 17.9 Å². The summed E-state index contributed by atoms with van der Waals surface area (Å²) in [4.78, 5) is 39.2. The lowest BCUT2D eigenvalue weighted by atomic mass is 9.90. The van der Waals surface area contributed by atoms with E-state index in [1.54, 1.807) is 19.1 Å². The SMILES string of the molecule is CCOC(=O)C1=C(O)CCN(c2cc(C(=O)OC)cc(C(=O)OC)c2)C1c1ccccc1. The molecule has 0 saturated heterocycles. The van der Waals surface area contributed by atoms with E-state index in [4.69, 9.17) is 14.2 Å². The first kappa shape index (κ1) is 22.9. The molecule has 0 bridgehead atoms. The van der Waals surface area contributed by atoms with Crippen molar-refractivity contribution in [3.05, 3.63) is 76.6 Å². The molecular formula is C24H25NO7. The van der Waals surface area contributed by atoms with Crippen molar-refractivity contribution in [3.63, 3.8) is 0 Å². The Morgan fingerprint density at radius 2 is 1.56 bits per heavy atom. The Hall–Kier alpha value is -3.81. The van der Waals surface area contributed by atoms with Crippen molar-refractivity contribution in [2.75, 3.05) is 32.3 Å². The van der Waals surface area contributed by atoms with Gasteiger partial charge in [0.05, 0.1) is 38.0 Å². The van der Waals surface area contributed by atoms with Gasteiger partial charge in [0.15, 0.2) is 0 Å². The standard InChI is InChI=1S/C24H25NO7/c1-4-32-24(29)20-19(26)10-11-25(21(20)15-8-6-5-7-9-15)18-13-16(22(27)30-2)12-17(14-18)23(28)31-3/h5-9,12-14,21,26H,4,10-11H2,1-3H3. The molecule has 1 atom stereocenters. The maximum Gasteiger partial charge on any atom is 0.339 e. The highest BCUT2D eigenvalue weighted by Crippen LogP contribution is 2.39. The van der Waals surface area contributed by atoms with E-state index in [0.29, 0.717) is 12.2 Å². The average molecular weight is 439 g/mol. The number of rotatable bonds is 6. The van der Waals surface area contributed by atoms with Crippen molar-refractivity contribution < 1.29 is 33.7 Å². The summed E-state index contributed by atoms with van der Waals surface area (Å²) in [6.45, 7) is 2.18. The summed E-state index contributed by atoms with van der Waals surface area (Å²) in [5.41, 5.74) is 1.68. The zero-order chi connectivity index (χ0) is 23.3. The summed E-state index contributed by atoms with van der Waals surface area (Å²) in [5.74, 6) is -1.91. The summed E-state index contributed by atoms with van der Waals surface area (Å²) in [7, 11) is 2.50. The third-order valence-corrected chi connectivity index (χ3v) is 5.19. The first-order chi connectivity index (χ1) is 15.4. The van der Waals surface area contributed by atoms with Crippen LogP contribution in [0.15, 0.2) is 59.9 Å². The molecular weight excluding hydrogens is 414 g/mol. The molecule has 2 aromatic rings. The Morgan fingerprint density at radius 1 is 0.969 bits per heavy atom. The van der Waals surface area contributed by atoms with E-state index < -0.39 is 23.9 Å². The van der Waals surface area contributed by atoms with Gasteiger partial charge in [0.1, 0.15) is 11.3 Å². The van der Waals surface area contributed by atoms with Gasteiger partial charge in [0.2, 0.25) is 0 Å². The van der Waals surface area contributed by atoms with E-state index in [2.05, 4.69) is 0 Å². The third kappa shape index (κ3) is 4.59. The van der Waals surface area contributed by atoms with Crippen molar-refractivity contribution in [3.8, 4) is 0 Å². The number of hydrogen-bond acceptors (Lipinski definition) is 8. The van der Waals surface area contributed by atoms with Crippen LogP contribution >= 0.6 is 0 Å². The first-order valence-electron chi connectivity index (χ1n) is 10.1. The number of aliphatic hydroxyl groups excluding tert-OH is 1. The molecule has 3 rings (SSSR count). The smallest absolute Gasteiger partial charge is 0.339 e. The zero-order valence-electron chi connectivity index (χ0n) is 18.2. The summed E-state index contributed by atoms with van der Waals surface area (Å²) in [6.07, 6.45) is 0.188. The van der Waals surface area contributed by atoms with Gasteiger partial charge in [-0.05, 0) is 30.7 Å².